The van der Waals surface area contributed by atoms with Gasteiger partial charge in [-0.3, -0.25) is 9.69 Å². The number of rotatable bonds is 7. The van der Waals surface area contributed by atoms with E-state index in [2.05, 4.69) is 0 Å². The lowest BCUT2D eigenvalue weighted by Crippen LogP contribution is -2.32. The van der Waals surface area contributed by atoms with Gasteiger partial charge in [0.15, 0.2) is 0 Å². The van der Waals surface area contributed by atoms with E-state index in [1.54, 1.807) is 18.1 Å². The molecule has 0 bridgehead atoms. The first-order valence-corrected chi connectivity index (χ1v) is 5.77. The van der Waals surface area contributed by atoms with Crippen molar-refractivity contribution in [2.24, 2.45) is 0 Å². The van der Waals surface area contributed by atoms with E-state index in [4.69, 9.17) is 21.4 Å². The van der Waals surface area contributed by atoms with Gasteiger partial charge in [0, 0.05) is 20.2 Å². The fraction of sp³-hybridized carbons (Fsp3) is 0.417. The van der Waals surface area contributed by atoms with Gasteiger partial charge < -0.3 is 9.84 Å². The Labute approximate surface area is 110 Å². The van der Waals surface area contributed by atoms with E-state index in [-0.39, 0.29) is 11.6 Å². The van der Waals surface area contributed by atoms with E-state index >= 15 is 0 Å². The third-order valence-electron chi connectivity index (χ3n) is 2.36. The molecular weight excluding hydrogens is 261 g/mol. The van der Waals surface area contributed by atoms with Gasteiger partial charge in [0.05, 0.1) is 18.2 Å². The minimum atomic E-state index is -0.917. The SMILES string of the molecule is COCCN(CC(=O)O)Cc1ccc(F)c(Cl)c1. The number of carbonyl (C=O) groups is 1. The van der Waals surface area contributed by atoms with Crippen LogP contribution >= 0.6 is 11.6 Å². The molecule has 0 aromatic heterocycles. The summed E-state index contributed by atoms with van der Waals surface area (Å²) < 4.78 is 17.9. The van der Waals surface area contributed by atoms with E-state index in [1.165, 1.54) is 12.1 Å². The van der Waals surface area contributed by atoms with Crippen LogP contribution in [-0.4, -0.2) is 42.8 Å². The number of hydrogen-bond acceptors (Lipinski definition) is 3. The van der Waals surface area contributed by atoms with E-state index in [0.29, 0.717) is 19.7 Å². The van der Waals surface area contributed by atoms with E-state index < -0.39 is 11.8 Å². The van der Waals surface area contributed by atoms with Crippen molar-refractivity contribution in [3.8, 4) is 0 Å². The predicted octanol–water partition coefficient (Wildman–Crippen LogP) is 2.01. The maximum atomic E-state index is 13.0. The lowest BCUT2D eigenvalue weighted by Gasteiger charge is -2.19. The second kappa shape index (κ2) is 7.31. The molecule has 6 heteroatoms. The smallest absolute Gasteiger partial charge is 0.317 e. The molecule has 0 saturated heterocycles. The average Bonchev–Trinajstić information content (AvgIpc) is 2.30. The van der Waals surface area contributed by atoms with Crippen LogP contribution in [0.2, 0.25) is 5.02 Å². The summed E-state index contributed by atoms with van der Waals surface area (Å²) in [6.07, 6.45) is 0. The highest BCUT2D eigenvalue weighted by molar-refractivity contribution is 6.30. The van der Waals surface area contributed by atoms with Gasteiger partial charge >= 0.3 is 5.97 Å². The summed E-state index contributed by atoms with van der Waals surface area (Å²) in [4.78, 5) is 12.4. The minimum absolute atomic E-state index is 0.0366. The number of benzene rings is 1. The zero-order chi connectivity index (χ0) is 13.5. The molecule has 0 amide bonds. The molecule has 0 radical (unpaired) electrons. The lowest BCUT2D eigenvalue weighted by molar-refractivity contribution is -0.138. The molecule has 0 atom stereocenters. The number of nitrogens with zero attached hydrogens (tertiary/aromatic N) is 1. The number of carboxylic acids is 1. The molecule has 1 aromatic carbocycles. The molecule has 0 aliphatic heterocycles. The monoisotopic (exact) mass is 275 g/mol. The first-order valence-electron chi connectivity index (χ1n) is 5.40. The molecular formula is C12H15ClFNO3. The van der Waals surface area contributed by atoms with Gasteiger partial charge in [0.2, 0.25) is 0 Å². The lowest BCUT2D eigenvalue weighted by atomic mass is 10.2. The Morgan fingerprint density at radius 1 is 1.56 bits per heavy atom. The molecule has 0 spiro atoms. The number of hydrogen-bond donors (Lipinski definition) is 1. The highest BCUT2D eigenvalue weighted by atomic mass is 35.5. The normalized spacial score (nSPS) is 10.9. The highest BCUT2D eigenvalue weighted by Crippen LogP contribution is 2.17. The van der Waals surface area contributed by atoms with Gasteiger partial charge in [-0.2, -0.15) is 0 Å². The van der Waals surface area contributed by atoms with Crippen LogP contribution in [-0.2, 0) is 16.1 Å². The second-order valence-corrected chi connectivity index (χ2v) is 4.25. The molecule has 0 aliphatic carbocycles. The van der Waals surface area contributed by atoms with Crippen molar-refractivity contribution in [1.82, 2.24) is 4.90 Å². The summed E-state index contributed by atoms with van der Waals surface area (Å²) in [6, 6.07) is 4.36. The maximum Gasteiger partial charge on any atom is 0.317 e. The predicted molar refractivity (Wildman–Crippen MR) is 66.2 cm³/mol. The molecule has 1 aromatic rings. The van der Waals surface area contributed by atoms with Crippen LogP contribution in [0.3, 0.4) is 0 Å². The van der Waals surface area contributed by atoms with Crippen LogP contribution in [0.25, 0.3) is 0 Å². The number of methoxy groups -OCH3 is 1. The first-order chi connectivity index (χ1) is 8.52. The van der Waals surface area contributed by atoms with E-state index in [1.807, 2.05) is 0 Å². The Hall–Kier alpha value is -1.17. The summed E-state index contributed by atoms with van der Waals surface area (Å²) >= 11 is 5.67. The largest absolute Gasteiger partial charge is 0.480 e. The Bertz CT molecular complexity index is 414. The fourth-order valence-corrected chi connectivity index (χ4v) is 1.73. The third-order valence-corrected chi connectivity index (χ3v) is 2.65. The van der Waals surface area contributed by atoms with Gasteiger partial charge in [-0.05, 0) is 17.7 Å². The van der Waals surface area contributed by atoms with Crippen molar-refractivity contribution in [2.45, 2.75) is 6.54 Å². The van der Waals surface area contributed by atoms with Crippen LogP contribution < -0.4 is 0 Å². The molecule has 0 fully saturated rings. The van der Waals surface area contributed by atoms with Crippen LogP contribution in [0, 0.1) is 5.82 Å². The number of halogens is 2. The topological polar surface area (TPSA) is 49.8 Å². The van der Waals surface area contributed by atoms with Crippen molar-refractivity contribution >= 4 is 17.6 Å². The van der Waals surface area contributed by atoms with E-state index in [9.17, 15) is 9.18 Å². The van der Waals surface area contributed by atoms with Crippen molar-refractivity contribution in [3.05, 3.63) is 34.6 Å². The average molecular weight is 276 g/mol. The summed E-state index contributed by atoms with van der Waals surface area (Å²) in [5.74, 6) is -1.40. The Morgan fingerprint density at radius 2 is 2.28 bits per heavy atom. The maximum absolute atomic E-state index is 13.0. The summed E-state index contributed by atoms with van der Waals surface area (Å²) in [5, 5.41) is 8.83. The molecule has 1 rings (SSSR count). The van der Waals surface area contributed by atoms with E-state index in [0.717, 1.165) is 5.56 Å². The van der Waals surface area contributed by atoms with Gasteiger partial charge in [0.25, 0.3) is 0 Å². The Kier molecular flexibility index (Phi) is 6.04. The van der Waals surface area contributed by atoms with Crippen LogP contribution in [0.1, 0.15) is 5.56 Å². The molecule has 0 heterocycles. The number of ether oxygens (including phenoxy) is 1. The van der Waals surface area contributed by atoms with Gasteiger partial charge in [-0.25, -0.2) is 4.39 Å². The van der Waals surface area contributed by atoms with Crippen molar-refractivity contribution in [3.63, 3.8) is 0 Å². The Morgan fingerprint density at radius 3 is 2.83 bits per heavy atom. The molecule has 0 aliphatic rings. The fourth-order valence-electron chi connectivity index (χ4n) is 1.52. The first kappa shape index (κ1) is 14.9. The summed E-state index contributed by atoms with van der Waals surface area (Å²) in [6.45, 7) is 1.20. The zero-order valence-electron chi connectivity index (χ0n) is 10.0. The second-order valence-electron chi connectivity index (χ2n) is 3.85. The van der Waals surface area contributed by atoms with Crippen molar-refractivity contribution < 1.29 is 19.0 Å². The van der Waals surface area contributed by atoms with Crippen molar-refractivity contribution in [1.29, 1.82) is 0 Å². The van der Waals surface area contributed by atoms with Gasteiger partial charge in [0.1, 0.15) is 5.82 Å². The molecule has 100 valence electrons. The zero-order valence-corrected chi connectivity index (χ0v) is 10.8. The van der Waals surface area contributed by atoms with Crippen molar-refractivity contribution in [2.75, 3.05) is 26.8 Å². The van der Waals surface area contributed by atoms with Gasteiger partial charge in [-0.1, -0.05) is 17.7 Å². The molecule has 0 saturated carbocycles. The summed E-state index contributed by atoms with van der Waals surface area (Å²) in [7, 11) is 1.55. The Balaban J connectivity index is 2.68. The molecule has 0 unspecified atom stereocenters. The van der Waals surface area contributed by atoms with Crippen LogP contribution in [0.5, 0.6) is 0 Å². The summed E-state index contributed by atoms with van der Waals surface area (Å²) in [5.41, 5.74) is 0.763. The van der Waals surface area contributed by atoms with Gasteiger partial charge in [-0.15, -0.1) is 0 Å². The van der Waals surface area contributed by atoms with Crippen LogP contribution in [0.4, 0.5) is 4.39 Å². The molecule has 4 nitrogen and oxygen atoms in total. The number of carboxylic acid groups (broad SMARTS) is 1. The highest BCUT2D eigenvalue weighted by Gasteiger charge is 2.11. The quantitative estimate of drug-likeness (QED) is 0.827. The molecule has 18 heavy (non-hydrogen) atoms. The number of aliphatic carboxylic acids is 1. The van der Waals surface area contributed by atoms with Crippen LogP contribution in [0.15, 0.2) is 18.2 Å². The standard InChI is InChI=1S/C12H15ClFNO3/c1-18-5-4-15(8-12(16)17)7-9-2-3-11(14)10(13)6-9/h2-3,6H,4-5,7-8H2,1H3,(H,16,17). The minimum Gasteiger partial charge on any atom is -0.480 e. The molecule has 1 N–H and O–H groups in total. The third kappa shape index (κ3) is 5.00.